The van der Waals surface area contributed by atoms with E-state index in [9.17, 15) is 13.2 Å². The van der Waals surface area contributed by atoms with Crippen LogP contribution in [-0.2, 0) is 27.7 Å². The molecule has 2 N–H and O–H groups in total. The first kappa shape index (κ1) is 11.7. The van der Waals surface area contributed by atoms with Crippen molar-refractivity contribution in [2.75, 3.05) is 11.4 Å². The van der Waals surface area contributed by atoms with Crippen molar-refractivity contribution in [1.82, 2.24) is 0 Å². The summed E-state index contributed by atoms with van der Waals surface area (Å²) < 4.78 is 22.9. The fourth-order valence-corrected chi connectivity index (χ4v) is 3.40. The van der Waals surface area contributed by atoms with Crippen molar-refractivity contribution in [3.8, 4) is 0 Å². The van der Waals surface area contributed by atoms with Crippen LogP contribution in [0, 0.1) is 0 Å². The van der Waals surface area contributed by atoms with Gasteiger partial charge in [0, 0.05) is 13.0 Å². The standard InChI is InChI=1S/C12H14N2O3S/c13-18(16,17)10-6-8-2-1-5-14-11(15)4-3-9(7-10)12(8)14/h6-7H,1-5H2,(H2,13,16,17). The van der Waals surface area contributed by atoms with Gasteiger partial charge in [-0.05, 0) is 42.5 Å². The molecule has 0 saturated heterocycles. The van der Waals surface area contributed by atoms with Gasteiger partial charge in [0.1, 0.15) is 0 Å². The van der Waals surface area contributed by atoms with Gasteiger partial charge in [-0.3, -0.25) is 4.79 Å². The number of anilines is 1. The van der Waals surface area contributed by atoms with Crippen LogP contribution in [0.25, 0.3) is 0 Å². The van der Waals surface area contributed by atoms with Crippen molar-refractivity contribution in [2.45, 2.75) is 30.6 Å². The predicted molar refractivity (Wildman–Crippen MR) is 66.8 cm³/mol. The van der Waals surface area contributed by atoms with Crippen molar-refractivity contribution < 1.29 is 13.2 Å². The third-order valence-corrected chi connectivity index (χ3v) is 4.47. The normalized spacial score (nSPS) is 18.7. The van der Waals surface area contributed by atoms with Gasteiger partial charge in [0.25, 0.3) is 0 Å². The van der Waals surface area contributed by atoms with Crippen LogP contribution in [-0.4, -0.2) is 20.9 Å². The zero-order chi connectivity index (χ0) is 12.9. The lowest BCUT2D eigenvalue weighted by atomic mass is 9.92. The van der Waals surface area contributed by atoms with E-state index in [1.807, 2.05) is 0 Å². The van der Waals surface area contributed by atoms with Gasteiger partial charge >= 0.3 is 0 Å². The van der Waals surface area contributed by atoms with E-state index in [0.717, 1.165) is 36.2 Å². The number of aryl methyl sites for hydroxylation is 2. The number of carbonyl (C=O) groups excluding carboxylic acids is 1. The first-order chi connectivity index (χ1) is 8.47. The third-order valence-electron chi connectivity index (χ3n) is 3.58. The van der Waals surface area contributed by atoms with Gasteiger partial charge in [-0.25, -0.2) is 13.6 Å². The number of hydrogen-bond acceptors (Lipinski definition) is 3. The molecule has 3 rings (SSSR count). The molecule has 2 aliphatic rings. The number of benzene rings is 1. The van der Waals surface area contributed by atoms with Gasteiger partial charge in [0.15, 0.2) is 0 Å². The Bertz CT molecular complexity index is 620. The molecule has 2 heterocycles. The fourth-order valence-electron chi connectivity index (χ4n) is 2.79. The Morgan fingerprint density at radius 1 is 1.11 bits per heavy atom. The van der Waals surface area contributed by atoms with Crippen LogP contribution in [0.4, 0.5) is 5.69 Å². The molecule has 0 fully saturated rings. The molecule has 6 heteroatoms. The van der Waals surface area contributed by atoms with Crippen molar-refractivity contribution >= 4 is 21.6 Å². The number of amides is 1. The summed E-state index contributed by atoms with van der Waals surface area (Å²) in [5.41, 5.74) is 2.77. The van der Waals surface area contributed by atoms with Crippen LogP contribution in [0.2, 0.25) is 0 Å². The zero-order valence-electron chi connectivity index (χ0n) is 9.85. The van der Waals surface area contributed by atoms with E-state index in [0.29, 0.717) is 12.8 Å². The van der Waals surface area contributed by atoms with Crippen molar-refractivity contribution in [3.63, 3.8) is 0 Å². The fraction of sp³-hybridized carbons (Fsp3) is 0.417. The van der Waals surface area contributed by atoms with E-state index in [-0.39, 0.29) is 10.8 Å². The summed E-state index contributed by atoms with van der Waals surface area (Å²) in [6, 6.07) is 3.22. The number of sulfonamides is 1. The molecule has 5 nitrogen and oxygen atoms in total. The van der Waals surface area contributed by atoms with Crippen molar-refractivity contribution in [3.05, 3.63) is 23.3 Å². The maximum absolute atomic E-state index is 11.8. The molecule has 1 amide bonds. The maximum atomic E-state index is 11.8. The van der Waals surface area contributed by atoms with Gasteiger partial charge in [-0.1, -0.05) is 0 Å². The van der Waals surface area contributed by atoms with Crippen LogP contribution < -0.4 is 10.0 Å². The highest BCUT2D eigenvalue weighted by atomic mass is 32.2. The highest BCUT2D eigenvalue weighted by Gasteiger charge is 2.30. The number of primary sulfonamides is 1. The molecular weight excluding hydrogens is 252 g/mol. The minimum atomic E-state index is -3.68. The zero-order valence-corrected chi connectivity index (χ0v) is 10.7. The lowest BCUT2D eigenvalue weighted by molar-refractivity contribution is -0.119. The average molecular weight is 266 g/mol. The van der Waals surface area contributed by atoms with Crippen LogP contribution in [0.3, 0.4) is 0 Å². The van der Waals surface area contributed by atoms with Gasteiger partial charge in [0.05, 0.1) is 10.6 Å². The molecule has 0 aliphatic carbocycles. The quantitative estimate of drug-likeness (QED) is 0.806. The molecular formula is C12H14N2O3S. The van der Waals surface area contributed by atoms with E-state index in [2.05, 4.69) is 0 Å². The van der Waals surface area contributed by atoms with Gasteiger partial charge in [0.2, 0.25) is 15.9 Å². The Kier molecular flexibility index (Phi) is 2.46. The summed E-state index contributed by atoms with van der Waals surface area (Å²) in [7, 11) is -3.68. The van der Waals surface area contributed by atoms with Gasteiger partial charge in [-0.2, -0.15) is 0 Å². The summed E-state index contributed by atoms with van der Waals surface area (Å²) in [4.78, 5) is 13.8. The van der Waals surface area contributed by atoms with E-state index in [4.69, 9.17) is 5.14 Å². The maximum Gasteiger partial charge on any atom is 0.238 e. The molecule has 96 valence electrons. The molecule has 1 aromatic carbocycles. The lowest BCUT2D eigenvalue weighted by Gasteiger charge is -2.35. The van der Waals surface area contributed by atoms with Crippen molar-refractivity contribution in [1.29, 1.82) is 0 Å². The highest BCUT2D eigenvalue weighted by Crippen LogP contribution is 2.37. The minimum absolute atomic E-state index is 0.131. The van der Waals surface area contributed by atoms with Gasteiger partial charge in [-0.15, -0.1) is 0 Å². The number of carbonyl (C=O) groups is 1. The molecule has 0 radical (unpaired) electrons. The predicted octanol–water partition coefficient (Wildman–Crippen LogP) is 0.559. The summed E-state index contributed by atoms with van der Waals surface area (Å²) in [5, 5.41) is 5.19. The second kappa shape index (κ2) is 3.80. The summed E-state index contributed by atoms with van der Waals surface area (Å²) in [5.74, 6) is 0.131. The van der Waals surface area contributed by atoms with E-state index >= 15 is 0 Å². The molecule has 0 atom stereocenters. The summed E-state index contributed by atoms with van der Waals surface area (Å²) in [6.45, 7) is 0.730. The minimum Gasteiger partial charge on any atom is -0.312 e. The lowest BCUT2D eigenvalue weighted by Crippen LogP contribution is -2.39. The third kappa shape index (κ3) is 1.72. The number of nitrogens with zero attached hydrogens (tertiary/aromatic N) is 1. The number of hydrogen-bond donors (Lipinski definition) is 1. The molecule has 0 saturated carbocycles. The van der Waals surface area contributed by atoms with Crippen molar-refractivity contribution in [2.24, 2.45) is 5.14 Å². The largest absolute Gasteiger partial charge is 0.312 e. The molecule has 0 unspecified atom stereocenters. The molecule has 1 aromatic rings. The molecule has 0 bridgehead atoms. The first-order valence-electron chi connectivity index (χ1n) is 5.96. The van der Waals surface area contributed by atoms with Gasteiger partial charge < -0.3 is 4.90 Å². The highest BCUT2D eigenvalue weighted by molar-refractivity contribution is 7.89. The summed E-state index contributed by atoms with van der Waals surface area (Å²) >= 11 is 0. The SMILES string of the molecule is NS(=O)(=O)c1cc2c3c(c1)CCC(=O)N3CCC2. The Labute approximate surface area is 106 Å². The van der Waals surface area contributed by atoms with Crippen LogP contribution in [0.5, 0.6) is 0 Å². The topological polar surface area (TPSA) is 80.5 Å². The van der Waals surface area contributed by atoms with Crippen LogP contribution in [0.1, 0.15) is 24.0 Å². The molecule has 0 spiro atoms. The Hall–Kier alpha value is -1.40. The molecule has 2 aliphatic heterocycles. The Morgan fingerprint density at radius 2 is 1.78 bits per heavy atom. The molecule has 0 aromatic heterocycles. The van der Waals surface area contributed by atoms with Crippen LogP contribution in [0.15, 0.2) is 17.0 Å². The average Bonchev–Trinajstić information content (AvgIpc) is 2.32. The Morgan fingerprint density at radius 3 is 2.44 bits per heavy atom. The first-order valence-corrected chi connectivity index (χ1v) is 7.50. The smallest absolute Gasteiger partial charge is 0.238 e. The second-order valence-electron chi connectivity index (χ2n) is 4.78. The Balaban J connectivity index is 2.24. The van der Waals surface area contributed by atoms with Crippen LogP contribution >= 0.6 is 0 Å². The monoisotopic (exact) mass is 266 g/mol. The number of nitrogens with two attached hydrogens (primary N) is 1. The second-order valence-corrected chi connectivity index (χ2v) is 6.35. The number of rotatable bonds is 1. The van der Waals surface area contributed by atoms with E-state index < -0.39 is 10.0 Å². The summed E-state index contributed by atoms with van der Waals surface area (Å²) in [6.07, 6.45) is 2.71. The molecule has 18 heavy (non-hydrogen) atoms. The van der Waals surface area contributed by atoms with E-state index in [1.165, 1.54) is 0 Å². The van der Waals surface area contributed by atoms with E-state index in [1.54, 1.807) is 17.0 Å².